The second-order valence-corrected chi connectivity index (χ2v) is 9.22. The Morgan fingerprint density at radius 3 is 2.48 bits per heavy atom. The fraction of sp³-hybridized carbons (Fsp3) is 0.370. The predicted molar refractivity (Wildman–Crippen MR) is 124 cm³/mol. The molecule has 2 saturated carbocycles. The van der Waals surface area contributed by atoms with E-state index in [4.69, 9.17) is 5.26 Å². The number of carbonyl (C=O) groups excluding carboxylic acids is 1. The van der Waals surface area contributed by atoms with Crippen LogP contribution in [0.15, 0.2) is 48.5 Å². The molecule has 0 unspecified atom stereocenters. The van der Waals surface area contributed by atoms with Crippen LogP contribution in [0.5, 0.6) is 0 Å². The molecule has 1 atom stereocenters. The van der Waals surface area contributed by atoms with Crippen molar-refractivity contribution in [2.75, 3.05) is 5.32 Å². The standard InChI is InChI=1S/C27H27FN2O3/c28-22-12-9-19(17-27(13-14-27)26(32)33)16-23(22)30-25(31)24(20-5-1-2-6-20)21-10-7-18(8-11-21)4-3-15-29/h3-4,7-12,16,20,24H,1-2,5-6,13-14,17H2,(H,30,31)(H,32,33)/t24-/m0/s1. The second-order valence-electron chi connectivity index (χ2n) is 9.22. The van der Waals surface area contributed by atoms with E-state index in [0.29, 0.717) is 24.8 Å². The van der Waals surface area contributed by atoms with Crippen LogP contribution in [0.3, 0.4) is 0 Å². The highest BCUT2D eigenvalue weighted by Gasteiger charge is 2.50. The van der Waals surface area contributed by atoms with Gasteiger partial charge in [-0.05, 0) is 72.9 Å². The summed E-state index contributed by atoms with van der Waals surface area (Å²) in [5.41, 5.74) is 1.78. The molecule has 1 amide bonds. The van der Waals surface area contributed by atoms with Gasteiger partial charge in [-0.1, -0.05) is 43.2 Å². The number of amides is 1. The van der Waals surface area contributed by atoms with E-state index in [-0.39, 0.29) is 17.5 Å². The van der Waals surface area contributed by atoms with Crippen molar-refractivity contribution in [3.8, 4) is 6.07 Å². The first-order chi connectivity index (χ1) is 15.9. The first-order valence-corrected chi connectivity index (χ1v) is 11.4. The summed E-state index contributed by atoms with van der Waals surface area (Å²) in [6, 6.07) is 14.0. The van der Waals surface area contributed by atoms with Gasteiger partial charge in [-0.3, -0.25) is 9.59 Å². The van der Waals surface area contributed by atoms with Gasteiger partial charge in [0.05, 0.1) is 23.1 Å². The number of rotatable bonds is 8. The van der Waals surface area contributed by atoms with Gasteiger partial charge in [-0.15, -0.1) is 0 Å². The molecule has 0 aliphatic heterocycles. The lowest BCUT2D eigenvalue weighted by Crippen LogP contribution is -2.27. The lowest BCUT2D eigenvalue weighted by molar-refractivity contribution is -0.143. The number of anilines is 1. The molecule has 2 aromatic carbocycles. The zero-order chi connectivity index (χ0) is 23.4. The number of aliphatic carboxylic acids is 1. The zero-order valence-electron chi connectivity index (χ0n) is 18.4. The molecule has 6 heteroatoms. The van der Waals surface area contributed by atoms with Crippen LogP contribution in [0.4, 0.5) is 10.1 Å². The fourth-order valence-electron chi connectivity index (χ4n) is 4.87. The van der Waals surface area contributed by atoms with E-state index in [1.165, 1.54) is 12.1 Å². The van der Waals surface area contributed by atoms with Gasteiger partial charge in [0.25, 0.3) is 0 Å². The van der Waals surface area contributed by atoms with Crippen LogP contribution in [0, 0.1) is 28.5 Å². The summed E-state index contributed by atoms with van der Waals surface area (Å²) in [5, 5.41) is 21.0. The number of hydrogen-bond donors (Lipinski definition) is 2. The molecule has 0 heterocycles. The third kappa shape index (κ3) is 5.14. The normalized spacial score (nSPS) is 18.1. The number of benzene rings is 2. The molecule has 33 heavy (non-hydrogen) atoms. The zero-order valence-corrected chi connectivity index (χ0v) is 18.4. The molecular weight excluding hydrogens is 419 g/mol. The smallest absolute Gasteiger partial charge is 0.309 e. The van der Waals surface area contributed by atoms with Gasteiger partial charge in [0.2, 0.25) is 5.91 Å². The number of hydrogen-bond acceptors (Lipinski definition) is 3. The van der Waals surface area contributed by atoms with Gasteiger partial charge in [-0.2, -0.15) is 5.26 Å². The summed E-state index contributed by atoms with van der Waals surface area (Å²) in [7, 11) is 0. The summed E-state index contributed by atoms with van der Waals surface area (Å²) in [6.45, 7) is 0. The van der Waals surface area contributed by atoms with Crippen LogP contribution in [0.25, 0.3) is 6.08 Å². The van der Waals surface area contributed by atoms with E-state index in [1.54, 1.807) is 18.2 Å². The molecule has 0 saturated heterocycles. The van der Waals surface area contributed by atoms with E-state index in [0.717, 1.165) is 36.8 Å². The quantitative estimate of drug-likeness (QED) is 0.510. The van der Waals surface area contributed by atoms with E-state index in [2.05, 4.69) is 5.32 Å². The van der Waals surface area contributed by atoms with Crippen LogP contribution in [-0.2, 0) is 16.0 Å². The van der Waals surface area contributed by atoms with Crippen molar-refractivity contribution in [3.05, 3.63) is 71.0 Å². The van der Waals surface area contributed by atoms with Crippen molar-refractivity contribution in [1.29, 1.82) is 5.26 Å². The number of carbonyl (C=O) groups is 2. The topological polar surface area (TPSA) is 90.2 Å². The molecule has 0 radical (unpaired) electrons. The van der Waals surface area contributed by atoms with Crippen molar-refractivity contribution in [2.24, 2.45) is 11.3 Å². The van der Waals surface area contributed by atoms with Crippen molar-refractivity contribution in [1.82, 2.24) is 0 Å². The average Bonchev–Trinajstić information content (AvgIpc) is 3.40. The second kappa shape index (κ2) is 9.58. The largest absolute Gasteiger partial charge is 0.481 e. The SMILES string of the molecule is N#CC=Cc1ccc([C@@H](C(=O)Nc2cc(CC3(C(=O)O)CC3)ccc2F)C2CCCC2)cc1. The maximum atomic E-state index is 14.6. The Hall–Kier alpha value is -3.46. The lowest BCUT2D eigenvalue weighted by Gasteiger charge is -2.24. The highest BCUT2D eigenvalue weighted by molar-refractivity contribution is 5.96. The van der Waals surface area contributed by atoms with Crippen LogP contribution < -0.4 is 5.32 Å². The maximum absolute atomic E-state index is 14.6. The van der Waals surface area contributed by atoms with Crippen LogP contribution >= 0.6 is 0 Å². The number of nitriles is 1. The van der Waals surface area contributed by atoms with Crippen LogP contribution in [0.1, 0.15) is 61.1 Å². The molecular formula is C27H27FN2O3. The van der Waals surface area contributed by atoms with E-state index in [9.17, 15) is 19.1 Å². The van der Waals surface area contributed by atoms with Crippen molar-refractivity contribution in [3.63, 3.8) is 0 Å². The van der Waals surface area contributed by atoms with E-state index < -0.39 is 23.1 Å². The van der Waals surface area contributed by atoms with Gasteiger partial charge < -0.3 is 10.4 Å². The van der Waals surface area contributed by atoms with Crippen molar-refractivity contribution >= 4 is 23.6 Å². The third-order valence-electron chi connectivity index (χ3n) is 6.94. The first kappa shape index (κ1) is 22.7. The third-order valence-corrected chi connectivity index (χ3v) is 6.94. The molecule has 4 rings (SSSR count). The molecule has 2 fully saturated rings. The number of carboxylic acids is 1. The minimum atomic E-state index is -0.827. The predicted octanol–water partition coefficient (Wildman–Crippen LogP) is 5.68. The molecule has 2 N–H and O–H groups in total. The van der Waals surface area contributed by atoms with Crippen molar-refractivity contribution < 1.29 is 19.1 Å². The van der Waals surface area contributed by atoms with Gasteiger partial charge in [0.1, 0.15) is 5.82 Å². The van der Waals surface area contributed by atoms with E-state index in [1.807, 2.05) is 30.3 Å². The van der Waals surface area contributed by atoms with Gasteiger partial charge in [-0.25, -0.2) is 4.39 Å². The monoisotopic (exact) mass is 446 g/mol. The van der Waals surface area contributed by atoms with Gasteiger partial charge >= 0.3 is 5.97 Å². The number of nitrogens with zero attached hydrogens (tertiary/aromatic N) is 1. The molecule has 0 spiro atoms. The first-order valence-electron chi connectivity index (χ1n) is 11.4. The van der Waals surface area contributed by atoms with Gasteiger partial charge in [0.15, 0.2) is 0 Å². The molecule has 0 bridgehead atoms. The Kier molecular flexibility index (Phi) is 6.60. The fourth-order valence-corrected chi connectivity index (χ4v) is 4.87. The summed E-state index contributed by atoms with van der Waals surface area (Å²) in [5.74, 6) is -1.84. The summed E-state index contributed by atoms with van der Waals surface area (Å²) in [6.07, 6.45) is 8.69. The molecule has 2 aromatic rings. The highest BCUT2D eigenvalue weighted by atomic mass is 19.1. The average molecular weight is 447 g/mol. The van der Waals surface area contributed by atoms with Crippen LogP contribution in [-0.4, -0.2) is 17.0 Å². The Morgan fingerprint density at radius 2 is 1.88 bits per heavy atom. The number of carboxylic acid groups (broad SMARTS) is 1. The molecule has 5 nitrogen and oxygen atoms in total. The Labute approximate surface area is 192 Å². The minimum absolute atomic E-state index is 0.0928. The van der Waals surface area contributed by atoms with Gasteiger partial charge in [0, 0.05) is 6.08 Å². The molecule has 170 valence electrons. The highest BCUT2D eigenvalue weighted by Crippen LogP contribution is 2.49. The van der Waals surface area contributed by atoms with Crippen molar-refractivity contribution in [2.45, 2.75) is 50.9 Å². The number of nitrogens with one attached hydrogen (secondary N) is 1. The van der Waals surface area contributed by atoms with Crippen LogP contribution in [0.2, 0.25) is 0 Å². The Balaban J connectivity index is 1.56. The lowest BCUT2D eigenvalue weighted by atomic mass is 9.83. The molecule has 0 aromatic heterocycles. The number of allylic oxidation sites excluding steroid dienone is 1. The molecule has 2 aliphatic carbocycles. The maximum Gasteiger partial charge on any atom is 0.309 e. The Morgan fingerprint density at radius 1 is 1.18 bits per heavy atom. The minimum Gasteiger partial charge on any atom is -0.481 e. The summed E-state index contributed by atoms with van der Waals surface area (Å²) < 4.78 is 14.6. The number of halogens is 1. The van der Waals surface area contributed by atoms with E-state index >= 15 is 0 Å². The summed E-state index contributed by atoms with van der Waals surface area (Å²) in [4.78, 5) is 24.9. The summed E-state index contributed by atoms with van der Waals surface area (Å²) >= 11 is 0. The Bertz CT molecular complexity index is 1110. The molecule has 2 aliphatic rings.